The van der Waals surface area contributed by atoms with E-state index < -0.39 is 11.9 Å². The van der Waals surface area contributed by atoms with Crippen LogP contribution in [0, 0.1) is 5.92 Å². The fourth-order valence-corrected chi connectivity index (χ4v) is 1.15. The van der Waals surface area contributed by atoms with Crippen molar-refractivity contribution in [1.29, 1.82) is 0 Å². The number of nitrogens with zero attached hydrogens (tertiary/aromatic N) is 1. The lowest BCUT2D eigenvalue weighted by atomic mass is 10.1. The molecule has 6 nitrogen and oxygen atoms in total. The number of carbonyl (C=O) groups excluding carboxylic acids is 2. The second-order valence-corrected chi connectivity index (χ2v) is 2.68. The molecule has 1 heterocycles. The zero-order valence-electron chi connectivity index (χ0n) is 6.49. The van der Waals surface area contributed by atoms with Crippen molar-refractivity contribution >= 4 is 11.9 Å². The Morgan fingerprint density at radius 1 is 1.58 bits per heavy atom. The molecule has 4 N–H and O–H groups in total. The zero-order chi connectivity index (χ0) is 9.14. The molecule has 0 aliphatic carbocycles. The second-order valence-electron chi connectivity index (χ2n) is 2.68. The van der Waals surface area contributed by atoms with E-state index in [2.05, 4.69) is 5.32 Å². The molecule has 0 aromatic rings. The third-order valence-electron chi connectivity index (χ3n) is 1.83. The number of amides is 3. The van der Waals surface area contributed by atoms with Crippen molar-refractivity contribution < 1.29 is 14.8 Å². The normalized spacial score (nSPS) is 22.2. The molecule has 0 bridgehead atoms. The largest absolute Gasteiger partial charge is 0.349 e. The van der Waals surface area contributed by atoms with Gasteiger partial charge in [-0.2, -0.15) is 0 Å². The Labute approximate surface area is 69.3 Å². The van der Waals surface area contributed by atoms with Crippen molar-refractivity contribution in [3.05, 3.63) is 0 Å². The van der Waals surface area contributed by atoms with Crippen LogP contribution in [0.15, 0.2) is 0 Å². The number of rotatable bonds is 1. The van der Waals surface area contributed by atoms with E-state index in [-0.39, 0.29) is 11.0 Å². The number of hydrogen-bond donors (Lipinski definition) is 3. The first-order chi connectivity index (χ1) is 5.63. The number of urea groups is 1. The predicted molar refractivity (Wildman–Crippen MR) is 39.2 cm³/mol. The average Bonchev–Trinajstić information content (AvgIpc) is 2.53. The van der Waals surface area contributed by atoms with E-state index >= 15 is 0 Å². The Morgan fingerprint density at radius 2 is 2.25 bits per heavy atom. The maximum Gasteiger partial charge on any atom is 0.345 e. The minimum Gasteiger partial charge on any atom is -0.349 e. The van der Waals surface area contributed by atoms with Crippen LogP contribution >= 0.6 is 0 Å². The highest BCUT2D eigenvalue weighted by Crippen LogP contribution is 2.09. The Hall–Kier alpha value is -1.14. The lowest BCUT2D eigenvalue weighted by Crippen LogP contribution is -2.42. The molecule has 0 aromatic carbocycles. The highest BCUT2D eigenvalue weighted by molar-refractivity contribution is 5.93. The van der Waals surface area contributed by atoms with Crippen LogP contribution in [0.4, 0.5) is 4.79 Å². The van der Waals surface area contributed by atoms with E-state index in [1.165, 1.54) is 0 Å². The first-order valence-corrected chi connectivity index (χ1v) is 3.66. The van der Waals surface area contributed by atoms with Gasteiger partial charge in [-0.25, -0.2) is 4.79 Å². The van der Waals surface area contributed by atoms with Crippen molar-refractivity contribution in [2.75, 3.05) is 13.1 Å². The summed E-state index contributed by atoms with van der Waals surface area (Å²) in [5.41, 5.74) is 4.70. The molecule has 1 fully saturated rings. The highest BCUT2D eigenvalue weighted by Gasteiger charge is 2.28. The van der Waals surface area contributed by atoms with Crippen LogP contribution in [0.2, 0.25) is 0 Å². The summed E-state index contributed by atoms with van der Waals surface area (Å²) in [6, 6.07) is -1.13. The first kappa shape index (κ1) is 8.95. The van der Waals surface area contributed by atoms with E-state index in [0.29, 0.717) is 13.0 Å². The van der Waals surface area contributed by atoms with Gasteiger partial charge in [-0.3, -0.25) is 10.0 Å². The molecule has 68 valence electrons. The standard InChI is InChI=1S/C6H11N3O3/c7-6(11)9(12)5(10)4-1-2-8-3-4/h4,8,12H,1-3H2,(H2,7,11). The van der Waals surface area contributed by atoms with Gasteiger partial charge in [0.05, 0.1) is 5.92 Å². The molecule has 0 spiro atoms. The number of primary amides is 1. The monoisotopic (exact) mass is 173 g/mol. The SMILES string of the molecule is NC(=O)N(O)C(=O)C1CCNC1. The number of carbonyl (C=O) groups is 2. The third kappa shape index (κ3) is 1.72. The molecule has 1 atom stereocenters. The fraction of sp³-hybridized carbons (Fsp3) is 0.667. The molecule has 0 radical (unpaired) electrons. The second kappa shape index (κ2) is 3.51. The van der Waals surface area contributed by atoms with Gasteiger partial charge in [0.1, 0.15) is 0 Å². The predicted octanol–water partition coefficient (Wildman–Crippen LogP) is -1.11. The van der Waals surface area contributed by atoms with Crippen LogP contribution < -0.4 is 11.1 Å². The van der Waals surface area contributed by atoms with Gasteiger partial charge in [0.15, 0.2) is 0 Å². The third-order valence-corrected chi connectivity index (χ3v) is 1.83. The Morgan fingerprint density at radius 3 is 2.67 bits per heavy atom. The lowest BCUT2D eigenvalue weighted by molar-refractivity contribution is -0.156. The van der Waals surface area contributed by atoms with Crippen molar-refractivity contribution in [3.63, 3.8) is 0 Å². The van der Waals surface area contributed by atoms with E-state index in [4.69, 9.17) is 10.9 Å². The maximum atomic E-state index is 11.1. The highest BCUT2D eigenvalue weighted by atomic mass is 16.5. The lowest BCUT2D eigenvalue weighted by Gasteiger charge is -2.13. The summed E-state index contributed by atoms with van der Waals surface area (Å²) in [7, 11) is 0. The van der Waals surface area contributed by atoms with Gasteiger partial charge in [0.2, 0.25) is 0 Å². The van der Waals surface area contributed by atoms with Gasteiger partial charge in [0, 0.05) is 6.54 Å². The summed E-state index contributed by atoms with van der Waals surface area (Å²) in [5.74, 6) is -0.963. The zero-order valence-corrected chi connectivity index (χ0v) is 6.49. The minimum atomic E-state index is -1.13. The molecule has 0 aromatic heterocycles. The molecule has 12 heavy (non-hydrogen) atoms. The molecule has 0 saturated carbocycles. The van der Waals surface area contributed by atoms with E-state index in [1.54, 1.807) is 0 Å². The number of imide groups is 1. The summed E-state index contributed by atoms with van der Waals surface area (Å²) < 4.78 is 0. The van der Waals surface area contributed by atoms with Crippen molar-refractivity contribution in [2.24, 2.45) is 11.7 Å². The quantitative estimate of drug-likeness (QED) is 0.346. The molecule has 1 aliphatic rings. The van der Waals surface area contributed by atoms with Gasteiger partial charge >= 0.3 is 6.03 Å². The maximum absolute atomic E-state index is 11.1. The van der Waals surface area contributed by atoms with Crippen molar-refractivity contribution in [1.82, 2.24) is 10.4 Å². The Balaban J connectivity index is 2.51. The Kier molecular flexibility index (Phi) is 2.61. The van der Waals surface area contributed by atoms with Gasteiger partial charge in [-0.15, -0.1) is 5.06 Å². The van der Waals surface area contributed by atoms with Crippen molar-refractivity contribution in [3.8, 4) is 0 Å². The average molecular weight is 173 g/mol. The number of nitrogens with one attached hydrogen (secondary N) is 1. The summed E-state index contributed by atoms with van der Waals surface area (Å²) in [4.78, 5) is 21.5. The number of hydrogen-bond acceptors (Lipinski definition) is 4. The number of nitrogens with two attached hydrogens (primary N) is 1. The van der Waals surface area contributed by atoms with E-state index in [1.807, 2.05) is 0 Å². The van der Waals surface area contributed by atoms with Crippen LogP contribution in [0.3, 0.4) is 0 Å². The van der Waals surface area contributed by atoms with E-state index in [9.17, 15) is 9.59 Å². The molecular weight excluding hydrogens is 162 g/mol. The molecule has 1 saturated heterocycles. The van der Waals surface area contributed by atoms with Crippen LogP contribution in [0.1, 0.15) is 6.42 Å². The van der Waals surface area contributed by atoms with Crippen LogP contribution in [0.25, 0.3) is 0 Å². The number of hydroxylamine groups is 2. The van der Waals surface area contributed by atoms with Crippen LogP contribution in [-0.2, 0) is 4.79 Å². The smallest absolute Gasteiger partial charge is 0.345 e. The van der Waals surface area contributed by atoms with Gasteiger partial charge in [-0.1, -0.05) is 0 Å². The molecule has 3 amide bonds. The first-order valence-electron chi connectivity index (χ1n) is 3.66. The van der Waals surface area contributed by atoms with E-state index in [0.717, 1.165) is 6.54 Å². The molecule has 1 rings (SSSR count). The van der Waals surface area contributed by atoms with Gasteiger partial charge in [0.25, 0.3) is 5.91 Å². The molecular formula is C6H11N3O3. The van der Waals surface area contributed by atoms with Crippen LogP contribution in [-0.4, -0.2) is 35.3 Å². The topological polar surface area (TPSA) is 95.7 Å². The molecule has 1 aliphatic heterocycles. The minimum absolute atomic E-state index is 0.0301. The Bertz CT molecular complexity index is 200. The summed E-state index contributed by atoms with van der Waals surface area (Å²) >= 11 is 0. The molecule has 6 heteroatoms. The summed E-state index contributed by atoms with van der Waals surface area (Å²) in [6.07, 6.45) is 0.628. The van der Waals surface area contributed by atoms with Gasteiger partial charge < -0.3 is 11.1 Å². The summed E-state index contributed by atoms with van der Waals surface area (Å²) in [5, 5.41) is 11.7. The van der Waals surface area contributed by atoms with Crippen LogP contribution in [0.5, 0.6) is 0 Å². The fourth-order valence-electron chi connectivity index (χ4n) is 1.15. The molecule has 1 unspecified atom stereocenters. The van der Waals surface area contributed by atoms with Crippen molar-refractivity contribution in [2.45, 2.75) is 6.42 Å². The summed E-state index contributed by atoms with van der Waals surface area (Å²) in [6.45, 7) is 1.21. The van der Waals surface area contributed by atoms with Gasteiger partial charge in [-0.05, 0) is 13.0 Å².